The molecule has 2 fully saturated rings. The molecule has 0 saturated carbocycles. The van der Waals surface area contributed by atoms with Crippen LogP contribution in [0.2, 0.25) is 0 Å². The van der Waals surface area contributed by atoms with Crippen LogP contribution in [0.15, 0.2) is 5.10 Å². The number of carbonyl (C=O) groups is 1. The number of likely N-dealkylation sites (tertiary alicyclic amines) is 1. The third kappa shape index (κ3) is 2.76. The minimum absolute atomic E-state index is 0.124. The molecule has 2 aliphatic heterocycles. The average Bonchev–Trinajstić information content (AvgIpc) is 2.79. The lowest BCUT2D eigenvalue weighted by atomic mass is 10.1. The summed E-state index contributed by atoms with van der Waals surface area (Å²) in [5, 5.41) is 10.4. The van der Waals surface area contributed by atoms with Crippen molar-refractivity contribution in [2.75, 3.05) is 20.1 Å². The van der Waals surface area contributed by atoms with Crippen LogP contribution in [0.4, 0.5) is 4.79 Å². The van der Waals surface area contributed by atoms with Crippen LogP contribution < -0.4 is 16.1 Å². The Hall–Kier alpha value is -1.14. The number of amides is 2. The smallest absolute Gasteiger partial charge is 0.335 e. The van der Waals surface area contributed by atoms with E-state index in [4.69, 9.17) is 0 Å². The van der Waals surface area contributed by atoms with E-state index < -0.39 is 0 Å². The molecular formula is C11H21N5O. The second kappa shape index (κ2) is 5.01. The molecule has 0 bridgehead atoms. The molecule has 0 aromatic rings. The lowest BCUT2D eigenvalue weighted by molar-refractivity contribution is 0.239. The molecule has 6 nitrogen and oxygen atoms in total. The van der Waals surface area contributed by atoms with Crippen molar-refractivity contribution in [2.24, 2.45) is 5.10 Å². The Balaban J connectivity index is 1.91. The van der Waals surface area contributed by atoms with E-state index >= 15 is 0 Å². The summed E-state index contributed by atoms with van der Waals surface area (Å²) in [6.07, 6.45) is 1.15. The van der Waals surface area contributed by atoms with Crippen LogP contribution >= 0.6 is 0 Å². The number of likely N-dealkylation sites (N-methyl/N-ethyl adjacent to an activating group) is 1. The highest BCUT2D eigenvalue weighted by Crippen LogP contribution is 2.21. The molecule has 96 valence electrons. The van der Waals surface area contributed by atoms with Gasteiger partial charge in [-0.1, -0.05) is 0 Å². The Morgan fingerprint density at radius 3 is 3.06 bits per heavy atom. The zero-order valence-corrected chi connectivity index (χ0v) is 10.7. The maximum absolute atomic E-state index is 11.4. The molecule has 3 N–H and O–H groups in total. The first-order chi connectivity index (χ1) is 8.08. The van der Waals surface area contributed by atoms with Gasteiger partial charge in [-0.05, 0) is 33.9 Å². The molecule has 2 heterocycles. The second-order valence-electron chi connectivity index (χ2n) is 5.05. The maximum Gasteiger partial charge on any atom is 0.335 e. The molecule has 0 spiro atoms. The lowest BCUT2D eigenvalue weighted by Crippen LogP contribution is -2.39. The number of hydrogen-bond acceptors (Lipinski definition) is 4. The Labute approximate surface area is 102 Å². The summed E-state index contributed by atoms with van der Waals surface area (Å²) in [7, 11) is 2.10. The van der Waals surface area contributed by atoms with Crippen LogP contribution in [0, 0.1) is 0 Å². The molecule has 2 unspecified atom stereocenters. The lowest BCUT2D eigenvalue weighted by Gasteiger charge is -2.15. The molecule has 0 aromatic heterocycles. The number of hydrazone groups is 1. The molecule has 6 heteroatoms. The largest absolute Gasteiger partial charge is 0.335 e. The molecular weight excluding hydrogens is 218 g/mol. The fourth-order valence-electron chi connectivity index (χ4n) is 2.50. The van der Waals surface area contributed by atoms with Crippen LogP contribution in [0.5, 0.6) is 0 Å². The summed E-state index contributed by atoms with van der Waals surface area (Å²) in [4.78, 5) is 13.7. The first kappa shape index (κ1) is 12.3. The third-order valence-electron chi connectivity index (χ3n) is 3.25. The van der Waals surface area contributed by atoms with Crippen molar-refractivity contribution >= 4 is 11.7 Å². The number of nitrogens with one attached hydrogen (secondary N) is 3. The molecule has 2 aliphatic rings. The van der Waals surface area contributed by atoms with E-state index in [0.29, 0.717) is 12.1 Å². The highest BCUT2D eigenvalue weighted by Gasteiger charge is 2.40. The van der Waals surface area contributed by atoms with E-state index in [-0.39, 0.29) is 12.1 Å². The summed E-state index contributed by atoms with van der Waals surface area (Å²) in [5.74, 6) is 0. The first-order valence-corrected chi connectivity index (χ1v) is 6.14. The quantitative estimate of drug-likeness (QED) is 0.581. The van der Waals surface area contributed by atoms with E-state index in [1.807, 2.05) is 13.8 Å². The Morgan fingerprint density at radius 2 is 2.35 bits per heavy atom. The van der Waals surface area contributed by atoms with E-state index in [2.05, 4.69) is 33.1 Å². The predicted molar refractivity (Wildman–Crippen MR) is 67.1 cm³/mol. The van der Waals surface area contributed by atoms with Crippen LogP contribution in [-0.2, 0) is 0 Å². The summed E-state index contributed by atoms with van der Waals surface area (Å²) in [5.41, 5.74) is 3.58. The number of urea groups is 1. The molecule has 2 saturated heterocycles. The van der Waals surface area contributed by atoms with Gasteiger partial charge in [0, 0.05) is 18.6 Å². The number of rotatable bonds is 2. The standard InChI is InChI=1S/C11H21N5O/c1-7(2)13-11(17)15-14-8-6-16(3)9-4-5-12-10(8)9/h7,9-10,12H,4-6H2,1-3H3,(H2,13,15,17)/b14-8+. The van der Waals surface area contributed by atoms with Gasteiger partial charge < -0.3 is 10.6 Å². The monoisotopic (exact) mass is 239 g/mol. The number of hydrogen-bond donors (Lipinski definition) is 3. The number of nitrogens with zero attached hydrogens (tertiary/aromatic N) is 2. The average molecular weight is 239 g/mol. The topological polar surface area (TPSA) is 68.8 Å². The Morgan fingerprint density at radius 1 is 1.59 bits per heavy atom. The number of carbonyl (C=O) groups excluding carboxylic acids is 1. The molecule has 2 rings (SSSR count). The van der Waals surface area contributed by atoms with E-state index in [1.165, 1.54) is 0 Å². The molecule has 2 amide bonds. The zero-order valence-electron chi connectivity index (χ0n) is 10.7. The number of fused-ring (bicyclic) bond motifs is 1. The van der Waals surface area contributed by atoms with Crippen LogP contribution in [-0.4, -0.2) is 54.9 Å². The van der Waals surface area contributed by atoms with Crippen molar-refractivity contribution in [1.82, 2.24) is 21.0 Å². The van der Waals surface area contributed by atoms with Crippen LogP contribution in [0.3, 0.4) is 0 Å². The minimum Gasteiger partial charge on any atom is -0.335 e. The van der Waals surface area contributed by atoms with E-state index in [9.17, 15) is 4.79 Å². The third-order valence-corrected chi connectivity index (χ3v) is 3.25. The summed E-state index contributed by atoms with van der Waals surface area (Å²) in [6, 6.07) is 0.721. The van der Waals surface area contributed by atoms with Crippen LogP contribution in [0.25, 0.3) is 0 Å². The van der Waals surface area contributed by atoms with Crippen molar-refractivity contribution < 1.29 is 4.79 Å². The summed E-state index contributed by atoms with van der Waals surface area (Å²) < 4.78 is 0. The highest BCUT2D eigenvalue weighted by atomic mass is 16.2. The fourth-order valence-corrected chi connectivity index (χ4v) is 2.50. The van der Waals surface area contributed by atoms with Crippen molar-refractivity contribution in [3.05, 3.63) is 0 Å². The van der Waals surface area contributed by atoms with Gasteiger partial charge in [-0.15, -0.1) is 0 Å². The minimum atomic E-state index is -0.239. The van der Waals surface area contributed by atoms with E-state index in [0.717, 1.165) is 25.2 Å². The van der Waals surface area contributed by atoms with Gasteiger partial charge in [0.2, 0.25) is 0 Å². The van der Waals surface area contributed by atoms with Gasteiger partial charge in [0.15, 0.2) is 0 Å². The highest BCUT2D eigenvalue weighted by molar-refractivity contribution is 5.95. The van der Waals surface area contributed by atoms with Gasteiger partial charge in [-0.3, -0.25) is 4.90 Å². The van der Waals surface area contributed by atoms with Crippen molar-refractivity contribution in [3.8, 4) is 0 Å². The molecule has 0 radical (unpaired) electrons. The summed E-state index contributed by atoms with van der Waals surface area (Å²) >= 11 is 0. The Bertz CT molecular complexity index is 328. The normalized spacial score (nSPS) is 30.9. The maximum atomic E-state index is 11.4. The van der Waals surface area contributed by atoms with Gasteiger partial charge in [-0.25, -0.2) is 10.2 Å². The van der Waals surface area contributed by atoms with Gasteiger partial charge in [0.05, 0.1) is 11.8 Å². The Kier molecular flexibility index (Phi) is 3.63. The van der Waals surface area contributed by atoms with Gasteiger partial charge in [0.1, 0.15) is 0 Å². The van der Waals surface area contributed by atoms with Crippen molar-refractivity contribution in [1.29, 1.82) is 0 Å². The summed E-state index contributed by atoms with van der Waals surface area (Å²) in [6.45, 7) is 5.69. The zero-order chi connectivity index (χ0) is 12.4. The molecule has 2 atom stereocenters. The first-order valence-electron chi connectivity index (χ1n) is 6.14. The second-order valence-corrected chi connectivity index (χ2v) is 5.05. The molecule has 0 aromatic carbocycles. The molecule has 17 heavy (non-hydrogen) atoms. The predicted octanol–water partition coefficient (Wildman–Crippen LogP) is -0.274. The van der Waals surface area contributed by atoms with Crippen LogP contribution in [0.1, 0.15) is 20.3 Å². The van der Waals surface area contributed by atoms with Crippen molar-refractivity contribution in [2.45, 2.75) is 38.4 Å². The SMILES string of the molecule is CC(C)NC(=O)N/N=C1\CN(C)C2CCNC12. The molecule has 0 aliphatic carbocycles. The van der Waals surface area contributed by atoms with Gasteiger partial charge in [-0.2, -0.15) is 5.10 Å². The van der Waals surface area contributed by atoms with Gasteiger partial charge in [0.25, 0.3) is 0 Å². The van der Waals surface area contributed by atoms with E-state index in [1.54, 1.807) is 0 Å². The fraction of sp³-hybridized carbons (Fsp3) is 0.818. The van der Waals surface area contributed by atoms with Gasteiger partial charge >= 0.3 is 6.03 Å². The van der Waals surface area contributed by atoms with Crippen molar-refractivity contribution in [3.63, 3.8) is 0 Å².